The highest BCUT2D eigenvalue weighted by Gasteiger charge is 2.15. The summed E-state index contributed by atoms with van der Waals surface area (Å²) in [6, 6.07) is 6.08. The maximum Gasteiger partial charge on any atom is 0.320 e. The van der Waals surface area contributed by atoms with Gasteiger partial charge in [-0.2, -0.15) is 0 Å². The standard InChI is InChI=1S/C10H14N2O5S/c11-5-6-17-9-3-1-8(2-4-9)12-18(15,16)7-10(13)14/h1-4,12H,5-7,11H2,(H,13,14). The lowest BCUT2D eigenvalue weighted by atomic mass is 10.3. The van der Waals surface area contributed by atoms with Crippen LogP contribution >= 0.6 is 0 Å². The molecule has 0 saturated heterocycles. The van der Waals surface area contributed by atoms with Crippen LogP contribution in [0.2, 0.25) is 0 Å². The number of hydrogen-bond acceptors (Lipinski definition) is 5. The van der Waals surface area contributed by atoms with Crippen LogP contribution in [0.3, 0.4) is 0 Å². The summed E-state index contributed by atoms with van der Waals surface area (Å²) < 4.78 is 30.0. The molecule has 0 unspecified atom stereocenters. The Balaban J connectivity index is 2.66. The van der Waals surface area contributed by atoms with Crippen LogP contribution in [0, 0.1) is 0 Å². The third-order valence-electron chi connectivity index (χ3n) is 1.83. The smallest absolute Gasteiger partial charge is 0.320 e. The molecular weight excluding hydrogens is 260 g/mol. The molecule has 18 heavy (non-hydrogen) atoms. The van der Waals surface area contributed by atoms with Gasteiger partial charge in [0.15, 0.2) is 5.75 Å². The Morgan fingerprint density at radius 2 is 1.94 bits per heavy atom. The van der Waals surface area contributed by atoms with Gasteiger partial charge >= 0.3 is 5.97 Å². The average molecular weight is 274 g/mol. The zero-order valence-corrected chi connectivity index (χ0v) is 10.3. The van der Waals surface area contributed by atoms with E-state index in [9.17, 15) is 13.2 Å². The van der Waals surface area contributed by atoms with Crippen LogP contribution in [0.15, 0.2) is 24.3 Å². The van der Waals surface area contributed by atoms with Crippen LogP contribution in [-0.4, -0.2) is 38.4 Å². The van der Waals surface area contributed by atoms with Crippen molar-refractivity contribution in [3.63, 3.8) is 0 Å². The monoisotopic (exact) mass is 274 g/mol. The van der Waals surface area contributed by atoms with Gasteiger partial charge in [0.1, 0.15) is 12.4 Å². The highest BCUT2D eigenvalue weighted by molar-refractivity contribution is 7.93. The number of rotatable bonds is 7. The molecule has 0 bridgehead atoms. The zero-order valence-electron chi connectivity index (χ0n) is 9.50. The van der Waals surface area contributed by atoms with Gasteiger partial charge in [-0.1, -0.05) is 0 Å². The van der Waals surface area contributed by atoms with E-state index in [1.54, 1.807) is 12.1 Å². The third-order valence-corrected chi connectivity index (χ3v) is 3.00. The minimum atomic E-state index is -3.87. The van der Waals surface area contributed by atoms with Crippen molar-refractivity contribution in [1.82, 2.24) is 0 Å². The maximum atomic E-state index is 11.3. The molecule has 0 aliphatic heterocycles. The van der Waals surface area contributed by atoms with Gasteiger partial charge in [0.2, 0.25) is 10.0 Å². The van der Waals surface area contributed by atoms with Crippen molar-refractivity contribution in [3.8, 4) is 5.75 Å². The number of benzene rings is 1. The molecule has 1 aromatic carbocycles. The number of anilines is 1. The number of carboxylic acid groups (broad SMARTS) is 1. The van der Waals surface area contributed by atoms with Crippen LogP contribution in [0.4, 0.5) is 5.69 Å². The predicted octanol–water partition coefficient (Wildman–Crippen LogP) is -0.150. The number of nitrogens with one attached hydrogen (secondary N) is 1. The van der Waals surface area contributed by atoms with Gasteiger partial charge in [0, 0.05) is 12.2 Å². The summed E-state index contributed by atoms with van der Waals surface area (Å²) in [5.41, 5.74) is 5.54. The molecule has 1 aromatic rings. The second kappa shape index (κ2) is 6.22. The Labute approximate surface area is 105 Å². The quantitative estimate of drug-likeness (QED) is 0.636. The minimum absolute atomic E-state index is 0.274. The molecule has 0 aliphatic carbocycles. The van der Waals surface area contributed by atoms with Crippen LogP contribution in [-0.2, 0) is 14.8 Å². The summed E-state index contributed by atoms with van der Waals surface area (Å²) in [5, 5.41) is 8.42. The molecule has 7 nitrogen and oxygen atoms in total. The fourth-order valence-electron chi connectivity index (χ4n) is 1.17. The molecule has 0 spiro atoms. The van der Waals surface area contributed by atoms with E-state index in [2.05, 4.69) is 4.72 Å². The van der Waals surface area contributed by atoms with E-state index in [1.807, 2.05) is 0 Å². The molecule has 0 atom stereocenters. The van der Waals surface area contributed by atoms with Crippen LogP contribution in [0.25, 0.3) is 0 Å². The number of ether oxygens (including phenoxy) is 1. The lowest BCUT2D eigenvalue weighted by Gasteiger charge is -2.08. The SMILES string of the molecule is NCCOc1ccc(NS(=O)(=O)CC(=O)O)cc1. The summed E-state index contributed by atoms with van der Waals surface area (Å²) in [6.45, 7) is 0.747. The highest BCUT2D eigenvalue weighted by atomic mass is 32.2. The number of nitrogens with two attached hydrogens (primary N) is 1. The van der Waals surface area contributed by atoms with Crippen molar-refractivity contribution in [1.29, 1.82) is 0 Å². The Bertz CT molecular complexity index is 498. The lowest BCUT2D eigenvalue weighted by molar-refractivity contribution is -0.134. The summed E-state index contributed by atoms with van der Waals surface area (Å²) in [5.74, 6) is -1.83. The van der Waals surface area contributed by atoms with Crippen molar-refractivity contribution in [2.75, 3.05) is 23.6 Å². The van der Waals surface area contributed by atoms with Gasteiger partial charge in [-0.3, -0.25) is 9.52 Å². The largest absolute Gasteiger partial charge is 0.492 e. The second-order valence-electron chi connectivity index (χ2n) is 3.42. The van der Waals surface area contributed by atoms with E-state index in [4.69, 9.17) is 15.6 Å². The number of carboxylic acids is 1. The van der Waals surface area contributed by atoms with Crippen molar-refractivity contribution < 1.29 is 23.1 Å². The maximum absolute atomic E-state index is 11.3. The van der Waals surface area contributed by atoms with E-state index >= 15 is 0 Å². The molecule has 8 heteroatoms. The number of hydrogen-bond donors (Lipinski definition) is 3. The first-order valence-electron chi connectivity index (χ1n) is 5.08. The van der Waals surface area contributed by atoms with E-state index < -0.39 is 21.7 Å². The summed E-state index contributed by atoms with van der Waals surface area (Å²) in [4.78, 5) is 10.3. The van der Waals surface area contributed by atoms with Gasteiger partial charge in [0.05, 0.1) is 0 Å². The molecule has 1 rings (SSSR count). The number of aliphatic carboxylic acids is 1. The molecule has 0 radical (unpaired) electrons. The molecular formula is C10H14N2O5S. The Morgan fingerprint density at radius 1 is 1.33 bits per heavy atom. The second-order valence-corrected chi connectivity index (χ2v) is 5.14. The molecule has 4 N–H and O–H groups in total. The lowest BCUT2D eigenvalue weighted by Crippen LogP contribution is -2.22. The van der Waals surface area contributed by atoms with Gasteiger partial charge in [-0.05, 0) is 24.3 Å². The first kappa shape index (κ1) is 14.3. The first-order chi connectivity index (χ1) is 8.43. The summed E-state index contributed by atoms with van der Waals surface area (Å²) >= 11 is 0. The van der Waals surface area contributed by atoms with Crippen molar-refractivity contribution in [3.05, 3.63) is 24.3 Å². The van der Waals surface area contributed by atoms with Crippen LogP contribution in [0.5, 0.6) is 5.75 Å². The average Bonchev–Trinajstić information content (AvgIpc) is 2.26. The fraction of sp³-hybridized carbons (Fsp3) is 0.300. The minimum Gasteiger partial charge on any atom is -0.492 e. The number of carbonyl (C=O) groups is 1. The third kappa shape index (κ3) is 5.02. The van der Waals surface area contributed by atoms with Crippen molar-refractivity contribution in [2.24, 2.45) is 5.73 Å². The summed E-state index contributed by atoms with van der Waals surface area (Å²) in [7, 11) is -3.87. The van der Waals surface area contributed by atoms with Gasteiger partial charge in [0.25, 0.3) is 0 Å². The molecule has 0 fully saturated rings. The Morgan fingerprint density at radius 3 is 2.44 bits per heavy atom. The molecule has 0 aliphatic rings. The fourth-order valence-corrected chi connectivity index (χ4v) is 2.07. The van der Waals surface area contributed by atoms with Crippen LogP contribution < -0.4 is 15.2 Å². The van der Waals surface area contributed by atoms with Gasteiger partial charge in [-0.25, -0.2) is 8.42 Å². The Kier molecular flexibility index (Phi) is 4.93. The predicted molar refractivity (Wildman–Crippen MR) is 66.0 cm³/mol. The molecule has 0 amide bonds. The first-order valence-corrected chi connectivity index (χ1v) is 6.73. The Hall–Kier alpha value is -1.80. The summed E-state index contributed by atoms with van der Waals surface area (Å²) in [6.07, 6.45) is 0. The van der Waals surface area contributed by atoms with Gasteiger partial charge < -0.3 is 15.6 Å². The zero-order chi connectivity index (χ0) is 13.6. The molecule has 0 aromatic heterocycles. The van der Waals surface area contributed by atoms with E-state index in [-0.39, 0.29) is 5.69 Å². The molecule has 0 saturated carbocycles. The normalized spacial score (nSPS) is 10.9. The van der Waals surface area contributed by atoms with E-state index in [0.29, 0.717) is 18.9 Å². The highest BCUT2D eigenvalue weighted by Crippen LogP contribution is 2.16. The van der Waals surface area contributed by atoms with E-state index in [0.717, 1.165) is 0 Å². The van der Waals surface area contributed by atoms with Gasteiger partial charge in [-0.15, -0.1) is 0 Å². The molecule has 0 heterocycles. The van der Waals surface area contributed by atoms with E-state index in [1.165, 1.54) is 12.1 Å². The van der Waals surface area contributed by atoms with Crippen molar-refractivity contribution in [2.45, 2.75) is 0 Å². The van der Waals surface area contributed by atoms with Crippen LogP contribution in [0.1, 0.15) is 0 Å². The van der Waals surface area contributed by atoms with Crippen molar-refractivity contribution >= 4 is 21.7 Å². The topological polar surface area (TPSA) is 119 Å². The number of sulfonamides is 1. The molecule has 100 valence electrons.